The number of hydrogen-bond donors (Lipinski definition) is 1. The molecule has 0 saturated carbocycles. The van der Waals surface area contributed by atoms with Crippen LogP contribution in [0, 0.1) is 5.92 Å². The van der Waals surface area contributed by atoms with Crippen LogP contribution in [-0.4, -0.2) is 17.1 Å². The number of hydrogen-bond acceptors (Lipinski definition) is 2. The smallest absolute Gasteiger partial charge is 0.0299 e. The average Bonchev–Trinajstić information content (AvgIpc) is 2.60. The number of pyridine rings is 1. The van der Waals surface area contributed by atoms with Crippen LogP contribution in [0.5, 0.6) is 0 Å². The fourth-order valence-corrected chi connectivity index (χ4v) is 3.19. The molecule has 80 valence electrons. The lowest BCUT2D eigenvalue weighted by Crippen LogP contribution is -2.38. The van der Waals surface area contributed by atoms with Gasteiger partial charge in [0.05, 0.1) is 0 Å². The van der Waals surface area contributed by atoms with E-state index < -0.39 is 0 Å². The minimum atomic E-state index is 0.811. The van der Waals surface area contributed by atoms with Crippen LogP contribution in [0.25, 0.3) is 0 Å². The van der Waals surface area contributed by atoms with Crippen LogP contribution in [0.3, 0.4) is 0 Å². The molecule has 1 aromatic heterocycles. The number of piperidine rings is 1. The predicted octanol–water partition coefficient (Wildman–Crippen LogP) is 2.15. The van der Waals surface area contributed by atoms with Gasteiger partial charge in [0.1, 0.15) is 0 Å². The number of nitrogens with one attached hydrogen (secondary N) is 1. The van der Waals surface area contributed by atoms with Crippen molar-refractivity contribution in [3.63, 3.8) is 0 Å². The maximum Gasteiger partial charge on any atom is 0.0299 e. The molecule has 2 saturated heterocycles. The third-order valence-electron chi connectivity index (χ3n) is 3.82. The molecule has 2 bridgehead atoms. The second kappa shape index (κ2) is 3.93. The standard InChI is InChI=1S/C13H18N2/c1-2-10(9-14-5-1)6-11-7-12-3-4-13(8-11)15-12/h1-2,5,9,11-13,15H,3-4,6-8H2/t11?,12-,13+. The number of nitrogens with zero attached hydrogens (tertiary/aromatic N) is 1. The highest BCUT2D eigenvalue weighted by Crippen LogP contribution is 2.32. The SMILES string of the molecule is c1cncc(CC2C[C@H]3CC[C@@H](C2)N3)c1. The Labute approximate surface area is 91.1 Å². The molecule has 2 aliphatic rings. The van der Waals surface area contributed by atoms with Crippen LogP contribution in [0.15, 0.2) is 24.5 Å². The second-order valence-electron chi connectivity index (χ2n) is 5.04. The average molecular weight is 202 g/mol. The third kappa shape index (κ3) is 2.05. The summed E-state index contributed by atoms with van der Waals surface area (Å²) in [6.45, 7) is 0. The van der Waals surface area contributed by atoms with Gasteiger partial charge in [-0.1, -0.05) is 6.07 Å². The molecule has 3 atom stereocenters. The van der Waals surface area contributed by atoms with Crippen molar-refractivity contribution in [2.45, 2.75) is 44.2 Å². The van der Waals surface area contributed by atoms with Gasteiger partial charge < -0.3 is 5.32 Å². The summed E-state index contributed by atoms with van der Waals surface area (Å²) in [4.78, 5) is 4.19. The molecule has 0 spiro atoms. The number of aromatic nitrogens is 1. The Balaban J connectivity index is 1.65. The first-order valence-corrected chi connectivity index (χ1v) is 6.05. The third-order valence-corrected chi connectivity index (χ3v) is 3.82. The molecule has 1 N–H and O–H groups in total. The maximum atomic E-state index is 4.19. The number of rotatable bonds is 2. The van der Waals surface area contributed by atoms with Crippen LogP contribution in [0.4, 0.5) is 0 Å². The highest BCUT2D eigenvalue weighted by Gasteiger charge is 2.33. The second-order valence-corrected chi connectivity index (χ2v) is 5.04. The van der Waals surface area contributed by atoms with Crippen molar-refractivity contribution in [2.24, 2.45) is 5.92 Å². The predicted molar refractivity (Wildman–Crippen MR) is 60.6 cm³/mol. The first-order chi connectivity index (χ1) is 7.40. The first kappa shape index (κ1) is 9.34. The van der Waals surface area contributed by atoms with E-state index in [1.807, 2.05) is 18.5 Å². The molecule has 1 unspecified atom stereocenters. The molecule has 0 radical (unpaired) electrons. The fraction of sp³-hybridized carbons (Fsp3) is 0.615. The molecular weight excluding hydrogens is 184 g/mol. The topological polar surface area (TPSA) is 24.9 Å². The van der Waals surface area contributed by atoms with E-state index in [1.54, 1.807) is 0 Å². The Hall–Kier alpha value is -0.890. The summed E-state index contributed by atoms with van der Waals surface area (Å²) in [6.07, 6.45) is 10.6. The Morgan fingerprint density at radius 1 is 1.27 bits per heavy atom. The molecule has 2 nitrogen and oxygen atoms in total. The van der Waals surface area contributed by atoms with Crippen LogP contribution in [0.1, 0.15) is 31.2 Å². The fourth-order valence-electron chi connectivity index (χ4n) is 3.19. The molecule has 2 aliphatic heterocycles. The monoisotopic (exact) mass is 202 g/mol. The molecule has 2 fully saturated rings. The van der Waals surface area contributed by atoms with E-state index in [4.69, 9.17) is 0 Å². The van der Waals surface area contributed by atoms with Gasteiger partial charge in [0.25, 0.3) is 0 Å². The summed E-state index contributed by atoms with van der Waals surface area (Å²) in [5.74, 6) is 0.882. The van der Waals surface area contributed by atoms with E-state index >= 15 is 0 Å². The molecule has 3 rings (SSSR count). The Bertz CT molecular complexity index is 311. The van der Waals surface area contributed by atoms with Gasteiger partial charge in [-0.25, -0.2) is 0 Å². The van der Waals surface area contributed by atoms with Crippen molar-refractivity contribution >= 4 is 0 Å². The molecular formula is C13H18N2. The van der Waals surface area contributed by atoms with Crippen LogP contribution in [-0.2, 0) is 6.42 Å². The zero-order valence-corrected chi connectivity index (χ0v) is 9.02. The highest BCUT2D eigenvalue weighted by atomic mass is 15.0. The van der Waals surface area contributed by atoms with Gasteiger partial charge in [-0.15, -0.1) is 0 Å². The van der Waals surface area contributed by atoms with Crippen molar-refractivity contribution in [2.75, 3.05) is 0 Å². The van der Waals surface area contributed by atoms with Crippen LogP contribution >= 0.6 is 0 Å². The van der Waals surface area contributed by atoms with Crippen molar-refractivity contribution in [1.82, 2.24) is 10.3 Å². The molecule has 2 heteroatoms. The van der Waals surface area contributed by atoms with E-state index in [0.29, 0.717) is 0 Å². The Morgan fingerprint density at radius 2 is 2.07 bits per heavy atom. The normalized spacial score (nSPS) is 34.3. The van der Waals surface area contributed by atoms with Crippen molar-refractivity contribution in [3.05, 3.63) is 30.1 Å². The zero-order chi connectivity index (χ0) is 10.1. The van der Waals surface area contributed by atoms with Crippen molar-refractivity contribution in [3.8, 4) is 0 Å². The summed E-state index contributed by atoms with van der Waals surface area (Å²) < 4.78 is 0. The maximum absolute atomic E-state index is 4.19. The Kier molecular flexibility index (Phi) is 2.45. The van der Waals surface area contributed by atoms with E-state index in [0.717, 1.165) is 18.0 Å². The van der Waals surface area contributed by atoms with Gasteiger partial charge in [0.15, 0.2) is 0 Å². The summed E-state index contributed by atoms with van der Waals surface area (Å²) in [5, 5.41) is 3.69. The van der Waals surface area contributed by atoms with Gasteiger partial charge in [-0.3, -0.25) is 4.98 Å². The van der Waals surface area contributed by atoms with E-state index in [-0.39, 0.29) is 0 Å². The lowest BCUT2D eigenvalue weighted by molar-refractivity contribution is 0.298. The van der Waals surface area contributed by atoms with Crippen LogP contribution < -0.4 is 5.32 Å². The van der Waals surface area contributed by atoms with Gasteiger partial charge in [0.2, 0.25) is 0 Å². The van der Waals surface area contributed by atoms with Gasteiger partial charge in [-0.2, -0.15) is 0 Å². The summed E-state index contributed by atoms with van der Waals surface area (Å²) in [6, 6.07) is 5.87. The van der Waals surface area contributed by atoms with Gasteiger partial charge >= 0.3 is 0 Å². The van der Waals surface area contributed by atoms with E-state index in [1.165, 1.54) is 37.7 Å². The molecule has 1 aromatic rings. The molecule has 0 amide bonds. The first-order valence-electron chi connectivity index (χ1n) is 6.05. The minimum absolute atomic E-state index is 0.811. The van der Waals surface area contributed by atoms with Gasteiger partial charge in [0, 0.05) is 24.5 Å². The molecule has 0 aromatic carbocycles. The lowest BCUT2D eigenvalue weighted by atomic mass is 9.87. The van der Waals surface area contributed by atoms with Crippen molar-refractivity contribution in [1.29, 1.82) is 0 Å². The minimum Gasteiger partial charge on any atom is -0.311 e. The highest BCUT2D eigenvalue weighted by molar-refractivity contribution is 5.10. The molecule has 0 aliphatic carbocycles. The van der Waals surface area contributed by atoms with Crippen LogP contribution in [0.2, 0.25) is 0 Å². The van der Waals surface area contributed by atoms with Gasteiger partial charge in [-0.05, 0) is 49.7 Å². The lowest BCUT2D eigenvalue weighted by Gasteiger charge is -2.29. The Morgan fingerprint density at radius 3 is 2.73 bits per heavy atom. The quantitative estimate of drug-likeness (QED) is 0.795. The largest absolute Gasteiger partial charge is 0.311 e. The molecule has 15 heavy (non-hydrogen) atoms. The van der Waals surface area contributed by atoms with E-state index in [9.17, 15) is 0 Å². The summed E-state index contributed by atoms with van der Waals surface area (Å²) >= 11 is 0. The van der Waals surface area contributed by atoms with Crippen molar-refractivity contribution < 1.29 is 0 Å². The van der Waals surface area contributed by atoms with E-state index in [2.05, 4.69) is 16.4 Å². The summed E-state index contributed by atoms with van der Waals surface area (Å²) in [5.41, 5.74) is 1.41. The zero-order valence-electron chi connectivity index (χ0n) is 9.02. The number of fused-ring (bicyclic) bond motifs is 2. The molecule has 3 heterocycles. The summed E-state index contributed by atoms with van der Waals surface area (Å²) in [7, 11) is 0.